The van der Waals surface area contributed by atoms with Crippen molar-refractivity contribution < 1.29 is 17.8 Å². The van der Waals surface area contributed by atoms with E-state index in [-0.39, 0.29) is 16.5 Å². The fourth-order valence-electron chi connectivity index (χ4n) is 2.33. The molecule has 1 saturated carbocycles. The third-order valence-corrected chi connectivity index (χ3v) is 6.90. The van der Waals surface area contributed by atoms with E-state index in [1.165, 1.54) is 6.08 Å². The van der Waals surface area contributed by atoms with Crippen LogP contribution in [0.4, 0.5) is 0 Å². The number of alkyl halides is 2. The lowest BCUT2D eigenvalue weighted by Crippen LogP contribution is -2.31. The summed E-state index contributed by atoms with van der Waals surface area (Å²) in [6, 6.07) is 0. The van der Waals surface area contributed by atoms with Crippen molar-refractivity contribution in [3.63, 3.8) is 0 Å². The lowest BCUT2D eigenvalue weighted by Gasteiger charge is -2.20. The molecule has 122 valence electrons. The van der Waals surface area contributed by atoms with E-state index in [1.54, 1.807) is 20.8 Å². The minimum absolute atomic E-state index is 0.126. The van der Waals surface area contributed by atoms with E-state index in [0.717, 1.165) is 12.8 Å². The molecule has 9 heteroatoms. The van der Waals surface area contributed by atoms with Crippen molar-refractivity contribution in [1.82, 2.24) is 10.6 Å². The molecule has 1 aliphatic carbocycles. The summed E-state index contributed by atoms with van der Waals surface area (Å²) >= 11 is 12.6. The summed E-state index contributed by atoms with van der Waals surface area (Å²) in [4.78, 5) is 5.19. The number of hydrogen-bond donors (Lipinski definition) is 1. The van der Waals surface area contributed by atoms with Crippen LogP contribution in [-0.4, -0.2) is 19.2 Å². The zero-order valence-electron chi connectivity index (χ0n) is 12.3. The molecule has 6 nitrogen and oxygen atoms in total. The normalized spacial score (nSPS) is 21.6. The summed E-state index contributed by atoms with van der Waals surface area (Å²) < 4.78 is 28.7. The van der Waals surface area contributed by atoms with Crippen LogP contribution < -0.4 is 5.48 Å². The molecule has 1 aliphatic heterocycles. The number of nitrogens with zero attached hydrogens (tertiary/aromatic N) is 1. The molecule has 0 radical (unpaired) electrons. The van der Waals surface area contributed by atoms with Gasteiger partial charge in [-0.3, -0.25) is 10.3 Å². The first kappa shape index (κ1) is 16.1. The van der Waals surface area contributed by atoms with Crippen molar-refractivity contribution in [3.8, 4) is 0 Å². The smallest absolute Gasteiger partial charge is 0.254 e. The van der Waals surface area contributed by atoms with Crippen LogP contribution in [0.15, 0.2) is 15.6 Å². The van der Waals surface area contributed by atoms with E-state index in [0.29, 0.717) is 11.5 Å². The molecule has 3 rings (SSSR count). The highest BCUT2D eigenvalue weighted by Crippen LogP contribution is 2.51. The van der Waals surface area contributed by atoms with Crippen LogP contribution in [0.25, 0.3) is 0 Å². The van der Waals surface area contributed by atoms with Crippen molar-refractivity contribution in [2.45, 2.75) is 48.8 Å². The predicted octanol–water partition coefficient (Wildman–Crippen LogP) is 3.02. The molecule has 2 heterocycles. The van der Waals surface area contributed by atoms with Crippen LogP contribution in [0.3, 0.4) is 0 Å². The van der Waals surface area contributed by atoms with Gasteiger partial charge in [0.1, 0.15) is 11.4 Å². The predicted molar refractivity (Wildman–Crippen MR) is 81.9 cm³/mol. The Hall–Kier alpha value is -0.760. The first-order chi connectivity index (χ1) is 10.1. The minimum Gasteiger partial charge on any atom is -0.360 e. The average molecular weight is 367 g/mol. The van der Waals surface area contributed by atoms with E-state index in [4.69, 9.17) is 32.6 Å². The van der Waals surface area contributed by atoms with Gasteiger partial charge in [-0.1, -0.05) is 28.4 Å². The SMILES string of the molecule is Cc1noc(C2CC2)c1C(Cl)(Cl)S(=O)(=O)C1=CC(C)(C)ON1. The molecule has 0 bridgehead atoms. The number of nitrogens with one attached hydrogen (secondary N) is 1. The van der Waals surface area contributed by atoms with Gasteiger partial charge in [-0.15, -0.1) is 0 Å². The summed E-state index contributed by atoms with van der Waals surface area (Å²) in [7, 11) is -4.13. The second kappa shape index (κ2) is 4.87. The number of aryl methyl sites for hydroxylation is 1. The van der Waals surface area contributed by atoms with E-state index < -0.39 is 19.1 Å². The molecule has 0 saturated heterocycles. The van der Waals surface area contributed by atoms with Crippen LogP contribution in [0, 0.1) is 6.92 Å². The number of rotatable bonds is 4. The van der Waals surface area contributed by atoms with Gasteiger partial charge in [0, 0.05) is 5.92 Å². The number of sulfone groups is 1. The van der Waals surface area contributed by atoms with Crippen LogP contribution in [0.2, 0.25) is 0 Å². The minimum atomic E-state index is -4.13. The lowest BCUT2D eigenvalue weighted by atomic mass is 10.1. The van der Waals surface area contributed by atoms with E-state index in [1.807, 2.05) is 0 Å². The standard InChI is InChI=1S/C13H16Cl2N2O4S/c1-7-10(11(20-16-7)8-4-5-8)13(14,15)22(18,19)9-6-12(2,3)21-17-9/h6,8,17H,4-5H2,1-3H3. The molecule has 1 N–H and O–H groups in total. The van der Waals surface area contributed by atoms with Crippen molar-refractivity contribution >= 4 is 33.0 Å². The van der Waals surface area contributed by atoms with Gasteiger partial charge in [-0.25, -0.2) is 8.42 Å². The van der Waals surface area contributed by atoms with Gasteiger partial charge in [0.25, 0.3) is 3.67 Å². The fraction of sp³-hybridized carbons (Fsp3) is 0.615. The first-order valence-electron chi connectivity index (χ1n) is 6.82. The number of aromatic nitrogens is 1. The van der Waals surface area contributed by atoms with Gasteiger partial charge in [0.2, 0.25) is 9.84 Å². The molecule has 0 unspecified atom stereocenters. The Kier molecular flexibility index (Phi) is 3.56. The largest absolute Gasteiger partial charge is 0.360 e. The number of hydrogen-bond acceptors (Lipinski definition) is 6. The molecule has 1 aromatic rings. The Bertz CT molecular complexity index is 748. The number of halogens is 2. The van der Waals surface area contributed by atoms with Crippen LogP contribution in [0.1, 0.15) is 49.6 Å². The molecule has 1 fully saturated rings. The van der Waals surface area contributed by atoms with Gasteiger partial charge < -0.3 is 4.52 Å². The summed E-state index contributed by atoms with van der Waals surface area (Å²) in [5.41, 5.74) is 2.21. The molecule has 2 aliphatic rings. The summed E-state index contributed by atoms with van der Waals surface area (Å²) in [5.74, 6) is 0.575. The van der Waals surface area contributed by atoms with Crippen LogP contribution in [-0.2, 0) is 18.3 Å². The Morgan fingerprint density at radius 1 is 1.41 bits per heavy atom. The Morgan fingerprint density at radius 3 is 2.55 bits per heavy atom. The van der Waals surface area contributed by atoms with Crippen LogP contribution >= 0.6 is 23.2 Å². The second-order valence-corrected chi connectivity index (χ2v) is 9.95. The van der Waals surface area contributed by atoms with Gasteiger partial charge in [0.05, 0.1) is 11.3 Å². The molecule has 0 aromatic carbocycles. The summed E-state index contributed by atoms with van der Waals surface area (Å²) in [5, 5.41) is 3.67. The van der Waals surface area contributed by atoms with Gasteiger partial charge >= 0.3 is 0 Å². The van der Waals surface area contributed by atoms with Gasteiger partial charge in [0.15, 0.2) is 5.03 Å². The maximum atomic E-state index is 12.8. The Labute approximate surface area is 138 Å². The number of hydroxylamine groups is 1. The fourth-order valence-corrected chi connectivity index (χ4v) is 4.67. The van der Waals surface area contributed by atoms with Crippen LogP contribution in [0.5, 0.6) is 0 Å². The van der Waals surface area contributed by atoms with E-state index >= 15 is 0 Å². The van der Waals surface area contributed by atoms with E-state index in [2.05, 4.69) is 10.6 Å². The van der Waals surface area contributed by atoms with Gasteiger partial charge in [-0.05, 0) is 39.7 Å². The monoisotopic (exact) mass is 366 g/mol. The molecule has 0 amide bonds. The van der Waals surface area contributed by atoms with Gasteiger partial charge in [-0.2, -0.15) is 0 Å². The Balaban J connectivity index is 2.08. The highest BCUT2D eigenvalue weighted by molar-refractivity contribution is 7.98. The van der Waals surface area contributed by atoms with Crippen molar-refractivity contribution in [2.24, 2.45) is 0 Å². The Morgan fingerprint density at radius 2 is 2.05 bits per heavy atom. The molecule has 1 aromatic heterocycles. The third kappa shape index (κ3) is 2.44. The van der Waals surface area contributed by atoms with Crippen molar-refractivity contribution in [1.29, 1.82) is 0 Å². The molecule has 0 spiro atoms. The highest BCUT2D eigenvalue weighted by Gasteiger charge is 2.52. The lowest BCUT2D eigenvalue weighted by molar-refractivity contribution is -0.0129. The quantitative estimate of drug-likeness (QED) is 0.824. The van der Waals surface area contributed by atoms with E-state index in [9.17, 15) is 8.42 Å². The average Bonchev–Trinajstić information content (AvgIpc) is 3.07. The molecular weight excluding hydrogens is 351 g/mol. The molecule has 0 atom stereocenters. The second-order valence-electron chi connectivity index (χ2n) is 6.12. The zero-order valence-corrected chi connectivity index (χ0v) is 14.6. The van der Waals surface area contributed by atoms with Crippen molar-refractivity contribution in [2.75, 3.05) is 0 Å². The zero-order chi connectivity index (χ0) is 16.3. The topological polar surface area (TPSA) is 81.4 Å². The maximum Gasteiger partial charge on any atom is 0.254 e. The maximum absolute atomic E-state index is 12.8. The van der Waals surface area contributed by atoms with Crippen molar-refractivity contribution in [3.05, 3.63) is 28.1 Å². The first-order valence-corrected chi connectivity index (χ1v) is 9.06. The molecule has 22 heavy (non-hydrogen) atoms. The highest BCUT2D eigenvalue weighted by atomic mass is 35.5. The summed E-state index contributed by atoms with van der Waals surface area (Å²) in [6.07, 6.45) is 3.24. The summed E-state index contributed by atoms with van der Waals surface area (Å²) in [6.45, 7) is 5.05. The molecular formula is C13H16Cl2N2O4S. The third-order valence-electron chi connectivity index (χ3n) is 3.65.